The number of hydrogen-bond donors (Lipinski definition) is 1. The first-order valence-electron chi connectivity index (χ1n) is 9.61. The molecule has 0 aromatic rings. The van der Waals surface area contributed by atoms with E-state index >= 15 is 0 Å². The minimum atomic E-state index is -0.653. The molecule has 0 aromatic heterocycles. The van der Waals surface area contributed by atoms with E-state index in [0.717, 1.165) is 12.8 Å². The summed E-state index contributed by atoms with van der Waals surface area (Å²) in [6.45, 7) is 2.27. The van der Waals surface area contributed by atoms with Crippen molar-refractivity contribution in [2.24, 2.45) is 0 Å². The number of carbonyl (C=O) groups is 1. The van der Waals surface area contributed by atoms with Gasteiger partial charge in [-0.05, 0) is 6.42 Å². The van der Waals surface area contributed by atoms with Crippen LogP contribution < -0.4 is 0 Å². The van der Waals surface area contributed by atoms with Crippen LogP contribution in [0.4, 0.5) is 0 Å². The van der Waals surface area contributed by atoms with E-state index in [0.29, 0.717) is 6.42 Å². The predicted octanol–water partition coefficient (Wildman–Crippen LogP) is 8.26. The van der Waals surface area contributed by atoms with Gasteiger partial charge < -0.3 is 10.6 Å². The number of aliphatic carboxylic acids is 1. The number of carboxylic acid groups (broad SMARTS) is 1. The maximum absolute atomic E-state index is 10.3. The maximum atomic E-state index is 10.3. The number of halogens is 4. The molecular formula is C18H38Cl4Cr2O3. The second-order valence-electron chi connectivity index (χ2n) is 6.21. The summed E-state index contributed by atoms with van der Waals surface area (Å²) in [4.78, 5) is 10.3. The van der Waals surface area contributed by atoms with Gasteiger partial charge in [-0.3, -0.25) is 4.79 Å². The normalized spacial score (nSPS) is 9.37. The van der Waals surface area contributed by atoms with E-state index in [4.69, 9.17) is 45.3 Å². The summed E-state index contributed by atoms with van der Waals surface area (Å²) in [6.07, 6.45) is 20.2. The number of carboxylic acids is 1. The van der Waals surface area contributed by atoms with E-state index in [-0.39, 0.29) is 32.2 Å². The number of hydrogen-bond acceptors (Lipinski definition) is 1. The molecular weight excluding hydrogens is 510 g/mol. The molecule has 0 saturated heterocycles. The Kier molecular flexibility index (Phi) is 51.1. The molecule has 0 saturated carbocycles. The first-order valence-corrected chi connectivity index (χ1v) is 16.6. The molecule has 0 rings (SSSR count). The summed E-state index contributed by atoms with van der Waals surface area (Å²) in [5.74, 6) is -0.653. The molecule has 0 heterocycles. The number of unbranched alkanes of at least 4 members (excludes halogenated alkanes) is 14. The third-order valence-corrected chi connectivity index (χ3v) is 3.99. The fraction of sp³-hybridized carbons (Fsp3) is 0.944. The zero-order valence-electron chi connectivity index (χ0n) is 16.5. The van der Waals surface area contributed by atoms with Crippen molar-refractivity contribution >= 4 is 46.2 Å². The van der Waals surface area contributed by atoms with Crippen LogP contribution in [0.1, 0.15) is 110 Å². The second kappa shape index (κ2) is 38.3. The summed E-state index contributed by atoms with van der Waals surface area (Å²) >= 11 is -0.361. The fourth-order valence-electron chi connectivity index (χ4n) is 2.65. The Morgan fingerprint density at radius 3 is 1.07 bits per heavy atom. The Morgan fingerprint density at radius 1 is 0.630 bits per heavy atom. The van der Waals surface area contributed by atoms with Crippen molar-refractivity contribution in [2.75, 3.05) is 0 Å². The van der Waals surface area contributed by atoms with Crippen molar-refractivity contribution in [3.05, 3.63) is 0 Å². The molecule has 168 valence electrons. The van der Waals surface area contributed by atoms with E-state index < -0.39 is 5.97 Å². The Balaban J connectivity index is -0.000000331. The van der Waals surface area contributed by atoms with Crippen molar-refractivity contribution in [1.82, 2.24) is 0 Å². The molecule has 0 radical (unpaired) electrons. The van der Waals surface area contributed by atoms with E-state index in [9.17, 15) is 4.79 Å². The van der Waals surface area contributed by atoms with Gasteiger partial charge in [-0.2, -0.15) is 0 Å². The molecule has 0 bridgehead atoms. The fourth-order valence-corrected chi connectivity index (χ4v) is 2.65. The van der Waals surface area contributed by atoms with Gasteiger partial charge in [0, 0.05) is 6.42 Å². The molecule has 0 aliphatic carbocycles. The molecule has 27 heavy (non-hydrogen) atoms. The Bertz CT molecular complexity index is 253. The van der Waals surface area contributed by atoms with Gasteiger partial charge in [0.1, 0.15) is 0 Å². The molecule has 0 aliphatic rings. The summed E-state index contributed by atoms with van der Waals surface area (Å²) in [6, 6.07) is 0. The van der Waals surface area contributed by atoms with Crippen LogP contribution >= 0.6 is 40.2 Å². The van der Waals surface area contributed by atoms with Crippen LogP contribution in [-0.4, -0.2) is 16.6 Å². The second-order valence-corrected chi connectivity index (χ2v) is 10.4. The van der Waals surface area contributed by atoms with E-state index in [1.807, 2.05) is 0 Å². The van der Waals surface area contributed by atoms with Crippen LogP contribution in [0.25, 0.3) is 0 Å². The van der Waals surface area contributed by atoms with Crippen molar-refractivity contribution in [3.8, 4) is 0 Å². The van der Waals surface area contributed by atoms with Crippen LogP contribution in [0.2, 0.25) is 0 Å². The van der Waals surface area contributed by atoms with Gasteiger partial charge in [-0.15, -0.1) is 0 Å². The molecule has 0 fully saturated rings. The van der Waals surface area contributed by atoms with Crippen LogP contribution in [0, 0.1) is 0 Å². The van der Waals surface area contributed by atoms with Gasteiger partial charge in [0.05, 0.1) is 0 Å². The third-order valence-electron chi connectivity index (χ3n) is 3.99. The van der Waals surface area contributed by atoms with Gasteiger partial charge in [0.2, 0.25) is 0 Å². The summed E-state index contributed by atoms with van der Waals surface area (Å²) in [5, 5.41) is 8.52. The van der Waals surface area contributed by atoms with Gasteiger partial charge >= 0.3 is 72.9 Å². The summed E-state index contributed by atoms with van der Waals surface area (Å²) < 4.78 is 0. The topological polar surface area (TPSA) is 68.8 Å². The Labute approximate surface area is 196 Å². The van der Waals surface area contributed by atoms with Gasteiger partial charge in [-0.25, -0.2) is 0 Å². The first-order chi connectivity index (χ1) is 12.6. The van der Waals surface area contributed by atoms with Crippen LogP contribution in [0.15, 0.2) is 0 Å². The summed E-state index contributed by atoms with van der Waals surface area (Å²) in [5.41, 5.74) is 0. The predicted molar refractivity (Wildman–Crippen MR) is 114 cm³/mol. The van der Waals surface area contributed by atoms with Crippen molar-refractivity contribution in [2.45, 2.75) is 110 Å². The van der Waals surface area contributed by atoms with Crippen molar-refractivity contribution in [3.63, 3.8) is 0 Å². The van der Waals surface area contributed by atoms with Crippen molar-refractivity contribution < 1.29 is 42.1 Å². The monoisotopic (exact) mass is 546 g/mol. The molecule has 3 N–H and O–H groups in total. The standard InChI is InChI=1S/C18H36O2.4ClH.2Cr.H2O/c1-2-3-4-5-6-7-8-9-10-11-12-13-14-15-16-17-18(19)20;;;;;;;/h2-17H2,1H3,(H,19,20);4*1H;;;1H2/q;;;;;2*+2;/p-4. The average molecular weight is 548 g/mol. The SMILES string of the molecule is CCCCCCCCCCCCCCCCCC(=O)O.O.[Cl][Cr][Cl].[Cl][Cr][Cl]. The molecule has 0 spiro atoms. The number of rotatable bonds is 16. The van der Waals surface area contributed by atoms with E-state index in [2.05, 4.69) is 6.92 Å². The van der Waals surface area contributed by atoms with Gasteiger partial charge in [0.25, 0.3) is 0 Å². The zero-order valence-corrected chi connectivity index (χ0v) is 22.1. The molecule has 0 aliphatic heterocycles. The average Bonchev–Trinajstić information content (AvgIpc) is 2.59. The Hall–Kier alpha value is 1.65. The molecule has 0 aromatic carbocycles. The van der Waals surface area contributed by atoms with Crippen LogP contribution in [-0.2, 0) is 31.5 Å². The van der Waals surface area contributed by atoms with E-state index in [1.54, 1.807) is 0 Å². The molecule has 0 unspecified atom stereocenters. The zero-order chi connectivity index (χ0) is 20.3. The van der Waals surface area contributed by atoms with Crippen LogP contribution in [0.3, 0.4) is 0 Å². The third kappa shape index (κ3) is 52.3. The summed E-state index contributed by atoms with van der Waals surface area (Å²) in [7, 11) is 19.3. The van der Waals surface area contributed by atoms with Gasteiger partial charge in [0.15, 0.2) is 0 Å². The molecule has 9 heteroatoms. The molecule has 3 nitrogen and oxygen atoms in total. The first kappa shape index (κ1) is 36.1. The van der Waals surface area contributed by atoms with Gasteiger partial charge in [-0.1, -0.05) is 96.8 Å². The van der Waals surface area contributed by atoms with Crippen molar-refractivity contribution in [1.29, 1.82) is 0 Å². The molecule has 0 atom stereocenters. The quantitative estimate of drug-likeness (QED) is 0.197. The van der Waals surface area contributed by atoms with Crippen LogP contribution in [0.5, 0.6) is 0 Å². The van der Waals surface area contributed by atoms with E-state index in [1.165, 1.54) is 83.5 Å². The minimum absolute atomic E-state index is 0. The molecule has 0 amide bonds. The Morgan fingerprint density at radius 2 is 0.852 bits per heavy atom.